The van der Waals surface area contributed by atoms with Crippen LogP contribution < -0.4 is 14.8 Å². The van der Waals surface area contributed by atoms with Gasteiger partial charge in [0, 0.05) is 31.0 Å². The number of benzene rings is 1. The van der Waals surface area contributed by atoms with Crippen LogP contribution in [0.15, 0.2) is 18.2 Å². The fourth-order valence-electron chi connectivity index (χ4n) is 3.14. The molecule has 1 heterocycles. The van der Waals surface area contributed by atoms with Gasteiger partial charge in [0.2, 0.25) is 11.8 Å². The van der Waals surface area contributed by atoms with Crippen LogP contribution in [0.25, 0.3) is 0 Å². The third-order valence-electron chi connectivity index (χ3n) is 4.71. The first-order chi connectivity index (χ1) is 12.3. The van der Waals surface area contributed by atoms with E-state index in [4.69, 9.17) is 9.47 Å². The summed E-state index contributed by atoms with van der Waals surface area (Å²) in [4.78, 5) is 26.6. The van der Waals surface area contributed by atoms with Crippen molar-refractivity contribution in [3.05, 3.63) is 23.8 Å². The highest BCUT2D eigenvalue weighted by Crippen LogP contribution is 2.28. The summed E-state index contributed by atoms with van der Waals surface area (Å²) in [7, 11) is 3.18. The zero-order chi connectivity index (χ0) is 19.3. The maximum Gasteiger partial charge on any atom is 0.227 e. The molecule has 1 aliphatic rings. The molecule has 0 radical (unpaired) electrons. The second-order valence-corrected chi connectivity index (χ2v) is 7.72. The Bertz CT molecular complexity index is 644. The third-order valence-corrected chi connectivity index (χ3v) is 4.71. The van der Waals surface area contributed by atoms with Crippen LogP contribution in [-0.4, -0.2) is 44.0 Å². The van der Waals surface area contributed by atoms with Gasteiger partial charge in [-0.2, -0.15) is 0 Å². The van der Waals surface area contributed by atoms with Gasteiger partial charge < -0.3 is 19.7 Å². The summed E-state index contributed by atoms with van der Waals surface area (Å²) in [6.07, 6.45) is 1.42. The Morgan fingerprint density at radius 3 is 2.27 bits per heavy atom. The van der Waals surface area contributed by atoms with E-state index in [2.05, 4.69) is 5.32 Å². The van der Waals surface area contributed by atoms with E-state index in [1.807, 2.05) is 43.9 Å². The highest BCUT2D eigenvalue weighted by molar-refractivity contribution is 5.82. The van der Waals surface area contributed by atoms with Gasteiger partial charge in [-0.1, -0.05) is 26.8 Å². The number of nitrogens with one attached hydrogen (secondary N) is 1. The molecule has 1 N–H and O–H groups in total. The Labute approximate surface area is 155 Å². The highest BCUT2D eigenvalue weighted by atomic mass is 16.5. The molecular formula is C20H30N2O4. The fraction of sp³-hybridized carbons (Fsp3) is 0.600. The molecule has 0 atom stereocenters. The molecule has 6 nitrogen and oxygen atoms in total. The Morgan fingerprint density at radius 2 is 1.73 bits per heavy atom. The predicted molar refractivity (Wildman–Crippen MR) is 100 cm³/mol. The number of hydrogen-bond donors (Lipinski definition) is 1. The molecule has 2 amide bonds. The first-order valence-corrected chi connectivity index (χ1v) is 9.04. The van der Waals surface area contributed by atoms with E-state index < -0.39 is 0 Å². The number of hydrogen-bond acceptors (Lipinski definition) is 4. The van der Waals surface area contributed by atoms with Crippen molar-refractivity contribution in [2.75, 3.05) is 27.3 Å². The lowest BCUT2D eigenvalue weighted by Crippen LogP contribution is -2.46. The molecule has 1 fully saturated rings. The smallest absolute Gasteiger partial charge is 0.227 e. The van der Waals surface area contributed by atoms with E-state index in [0.29, 0.717) is 44.0 Å². The van der Waals surface area contributed by atoms with E-state index in [1.165, 1.54) is 0 Å². The second kappa shape index (κ2) is 8.43. The lowest BCUT2D eigenvalue weighted by Gasteiger charge is -2.35. The van der Waals surface area contributed by atoms with Crippen molar-refractivity contribution in [2.24, 2.45) is 11.3 Å². The maximum absolute atomic E-state index is 12.5. The van der Waals surface area contributed by atoms with Gasteiger partial charge in [0.25, 0.3) is 0 Å². The van der Waals surface area contributed by atoms with Gasteiger partial charge in [-0.15, -0.1) is 0 Å². The number of carbonyl (C=O) groups excluding carboxylic acids is 2. The van der Waals surface area contributed by atoms with E-state index in [1.54, 1.807) is 14.2 Å². The highest BCUT2D eigenvalue weighted by Gasteiger charge is 2.32. The minimum absolute atomic E-state index is 0.0424. The second-order valence-electron chi connectivity index (χ2n) is 7.72. The van der Waals surface area contributed by atoms with Crippen LogP contribution >= 0.6 is 0 Å². The summed E-state index contributed by atoms with van der Waals surface area (Å²) < 4.78 is 10.5. The normalized spacial score (nSPS) is 15.5. The molecule has 0 bridgehead atoms. The number of likely N-dealkylation sites (tertiary alicyclic amines) is 1. The summed E-state index contributed by atoms with van der Waals surface area (Å²) in [6, 6.07) is 5.60. The van der Waals surface area contributed by atoms with E-state index in [0.717, 1.165) is 5.56 Å². The van der Waals surface area contributed by atoms with Crippen LogP contribution in [0.5, 0.6) is 11.5 Å². The van der Waals surface area contributed by atoms with Crippen LogP contribution in [0, 0.1) is 11.3 Å². The maximum atomic E-state index is 12.5. The quantitative estimate of drug-likeness (QED) is 0.874. The zero-order valence-corrected chi connectivity index (χ0v) is 16.4. The van der Waals surface area contributed by atoms with Gasteiger partial charge in [-0.05, 0) is 30.5 Å². The lowest BCUT2D eigenvalue weighted by molar-refractivity contribution is -0.142. The predicted octanol–water partition coefficient (Wildman–Crippen LogP) is 2.60. The first kappa shape index (κ1) is 20.1. The molecule has 1 aromatic carbocycles. The van der Waals surface area contributed by atoms with E-state index in [-0.39, 0.29) is 23.1 Å². The van der Waals surface area contributed by atoms with Gasteiger partial charge in [-0.3, -0.25) is 9.59 Å². The number of rotatable bonds is 5. The molecule has 1 saturated heterocycles. The lowest BCUT2D eigenvalue weighted by atomic mass is 9.90. The number of ether oxygens (including phenoxy) is 2. The minimum atomic E-state index is -0.373. The molecule has 0 unspecified atom stereocenters. The average Bonchev–Trinajstić information content (AvgIpc) is 2.64. The molecule has 0 spiro atoms. The van der Waals surface area contributed by atoms with Crippen LogP contribution in [0.2, 0.25) is 0 Å². The molecule has 1 aliphatic heterocycles. The van der Waals surface area contributed by atoms with Crippen molar-refractivity contribution in [3.63, 3.8) is 0 Å². The molecule has 144 valence electrons. The Morgan fingerprint density at radius 1 is 1.12 bits per heavy atom. The Balaban J connectivity index is 1.85. The third kappa shape index (κ3) is 4.90. The van der Waals surface area contributed by atoms with Crippen molar-refractivity contribution in [2.45, 2.75) is 40.2 Å². The van der Waals surface area contributed by atoms with Crippen molar-refractivity contribution in [1.82, 2.24) is 10.2 Å². The number of methoxy groups -OCH3 is 2. The van der Waals surface area contributed by atoms with Crippen LogP contribution in [-0.2, 0) is 16.1 Å². The number of piperidine rings is 1. The van der Waals surface area contributed by atoms with Crippen molar-refractivity contribution in [1.29, 1.82) is 0 Å². The molecule has 26 heavy (non-hydrogen) atoms. The molecule has 1 aromatic rings. The summed E-state index contributed by atoms with van der Waals surface area (Å²) >= 11 is 0. The number of carbonyl (C=O) groups is 2. The van der Waals surface area contributed by atoms with Crippen LogP contribution in [0.4, 0.5) is 0 Å². The average molecular weight is 362 g/mol. The van der Waals surface area contributed by atoms with Crippen LogP contribution in [0.1, 0.15) is 39.2 Å². The Kier molecular flexibility index (Phi) is 6.51. The van der Waals surface area contributed by atoms with Gasteiger partial charge in [-0.25, -0.2) is 0 Å². The minimum Gasteiger partial charge on any atom is -0.493 e. The van der Waals surface area contributed by atoms with Gasteiger partial charge in [0.15, 0.2) is 11.5 Å². The number of nitrogens with zero attached hydrogens (tertiary/aromatic N) is 1. The van der Waals surface area contributed by atoms with Gasteiger partial charge in [0.1, 0.15) is 0 Å². The molecule has 2 rings (SSSR count). The summed E-state index contributed by atoms with van der Waals surface area (Å²) in [5, 5.41) is 2.99. The first-order valence-electron chi connectivity index (χ1n) is 9.04. The van der Waals surface area contributed by atoms with E-state index >= 15 is 0 Å². The standard InChI is InChI=1S/C20H30N2O4/c1-20(2,3)19(24)22-10-8-15(9-11-22)18(23)21-13-14-6-7-16(25-4)17(12-14)26-5/h6-7,12,15H,8-11,13H2,1-5H3,(H,21,23). The largest absolute Gasteiger partial charge is 0.493 e. The van der Waals surface area contributed by atoms with E-state index in [9.17, 15) is 9.59 Å². The fourth-order valence-corrected chi connectivity index (χ4v) is 3.14. The van der Waals surface area contributed by atoms with Gasteiger partial charge >= 0.3 is 0 Å². The number of amides is 2. The molecular weight excluding hydrogens is 332 g/mol. The topological polar surface area (TPSA) is 67.9 Å². The van der Waals surface area contributed by atoms with Crippen molar-refractivity contribution < 1.29 is 19.1 Å². The molecule has 0 aliphatic carbocycles. The molecule has 6 heteroatoms. The summed E-state index contributed by atoms with van der Waals surface area (Å²) in [5.41, 5.74) is 0.582. The van der Waals surface area contributed by atoms with Crippen molar-refractivity contribution >= 4 is 11.8 Å². The monoisotopic (exact) mass is 362 g/mol. The molecule has 0 saturated carbocycles. The SMILES string of the molecule is COc1ccc(CNC(=O)C2CCN(C(=O)C(C)(C)C)CC2)cc1OC. The summed E-state index contributed by atoms with van der Waals surface area (Å²) in [5.74, 6) is 1.47. The molecule has 0 aromatic heterocycles. The van der Waals surface area contributed by atoms with Crippen LogP contribution in [0.3, 0.4) is 0 Å². The summed E-state index contributed by atoms with van der Waals surface area (Å²) in [6.45, 7) is 7.52. The zero-order valence-electron chi connectivity index (χ0n) is 16.4. The van der Waals surface area contributed by atoms with Crippen molar-refractivity contribution in [3.8, 4) is 11.5 Å². The Hall–Kier alpha value is -2.24. The van der Waals surface area contributed by atoms with Gasteiger partial charge in [0.05, 0.1) is 14.2 Å².